The van der Waals surface area contributed by atoms with Gasteiger partial charge in [0.15, 0.2) is 0 Å². The highest BCUT2D eigenvalue weighted by Gasteiger charge is 2.15. The van der Waals surface area contributed by atoms with Gasteiger partial charge in [0.1, 0.15) is 17.3 Å². The van der Waals surface area contributed by atoms with Crippen LogP contribution < -0.4 is 4.74 Å². The second-order valence-corrected chi connectivity index (χ2v) is 8.76. The van der Waals surface area contributed by atoms with Crippen LogP contribution in [0.3, 0.4) is 0 Å². The van der Waals surface area contributed by atoms with Gasteiger partial charge in [-0.1, -0.05) is 49.4 Å². The van der Waals surface area contributed by atoms with Crippen LogP contribution in [0.15, 0.2) is 103 Å². The Hall–Kier alpha value is -4.97. The predicted octanol–water partition coefficient (Wildman–Crippen LogP) is 7.96. The fourth-order valence-corrected chi connectivity index (χ4v) is 4.45. The molecule has 188 valence electrons. The summed E-state index contributed by atoms with van der Waals surface area (Å²) in [7, 11) is 0. The number of allylic oxidation sites excluding steroid dienone is 1. The molecule has 0 amide bonds. The maximum Gasteiger partial charge on any atom is 0.328 e. The average molecular weight is 505 g/mol. The van der Waals surface area contributed by atoms with E-state index in [1.165, 1.54) is 12.1 Å². The summed E-state index contributed by atoms with van der Waals surface area (Å²) >= 11 is 0. The van der Waals surface area contributed by atoms with E-state index in [-0.39, 0.29) is 5.82 Å². The number of hydrogen-bond acceptors (Lipinski definition) is 3. The molecule has 0 atom stereocenters. The molecule has 0 aliphatic heterocycles. The second-order valence-electron chi connectivity index (χ2n) is 8.76. The van der Waals surface area contributed by atoms with Crippen LogP contribution in [0.2, 0.25) is 0 Å². The lowest BCUT2D eigenvalue weighted by atomic mass is 9.87. The summed E-state index contributed by atoms with van der Waals surface area (Å²) in [6.07, 6.45) is 5.26. The second kappa shape index (κ2) is 11.0. The number of benzene rings is 4. The number of aromatic amines is 1. The van der Waals surface area contributed by atoms with Gasteiger partial charge in [-0.3, -0.25) is 5.10 Å². The number of rotatable bonds is 8. The molecule has 0 radical (unpaired) electrons. The fraction of sp³-hybridized carbons (Fsp3) is 0.0625. The highest BCUT2D eigenvalue weighted by atomic mass is 19.1. The molecule has 5 aromatic rings. The third kappa shape index (κ3) is 5.55. The van der Waals surface area contributed by atoms with Crippen molar-refractivity contribution in [1.82, 2.24) is 10.2 Å². The van der Waals surface area contributed by atoms with Crippen molar-refractivity contribution in [2.24, 2.45) is 0 Å². The van der Waals surface area contributed by atoms with Crippen LogP contribution in [-0.4, -0.2) is 21.3 Å². The molecule has 4 aromatic carbocycles. The molecule has 0 fully saturated rings. The smallest absolute Gasteiger partial charge is 0.328 e. The number of hydrogen-bond donors (Lipinski definition) is 2. The summed E-state index contributed by atoms with van der Waals surface area (Å²) in [4.78, 5) is 10.9. The van der Waals surface area contributed by atoms with Gasteiger partial charge in [0.2, 0.25) is 0 Å². The van der Waals surface area contributed by atoms with E-state index in [4.69, 9.17) is 9.84 Å². The molecule has 0 bridgehead atoms. The molecule has 0 aliphatic rings. The van der Waals surface area contributed by atoms with Crippen LogP contribution in [0, 0.1) is 5.82 Å². The molecular weight excluding hydrogens is 479 g/mol. The molecule has 0 aliphatic carbocycles. The SMILES string of the molecule is CC/C(=C(/c1ccc(/C=C/C(=O)O)cc1)c1ccc2[nH]ncc2c1)c1cccc(Oc2ccc(F)cc2)c1. The molecule has 6 heteroatoms. The summed E-state index contributed by atoms with van der Waals surface area (Å²) in [6.45, 7) is 2.11. The molecule has 2 N–H and O–H groups in total. The van der Waals surface area contributed by atoms with Crippen molar-refractivity contribution < 1.29 is 19.0 Å². The van der Waals surface area contributed by atoms with Crippen LogP contribution in [0.1, 0.15) is 35.6 Å². The largest absolute Gasteiger partial charge is 0.478 e. The number of carbonyl (C=O) groups is 1. The van der Waals surface area contributed by atoms with Gasteiger partial charge >= 0.3 is 5.97 Å². The molecule has 0 spiro atoms. The normalized spacial score (nSPS) is 12.1. The molecular formula is C32H25FN2O3. The number of ether oxygens (including phenoxy) is 1. The van der Waals surface area contributed by atoms with Gasteiger partial charge in [-0.25, -0.2) is 9.18 Å². The minimum Gasteiger partial charge on any atom is -0.478 e. The number of carboxylic acids is 1. The van der Waals surface area contributed by atoms with Crippen molar-refractivity contribution >= 4 is 34.1 Å². The minimum absolute atomic E-state index is 0.314. The van der Waals surface area contributed by atoms with E-state index in [1.54, 1.807) is 24.4 Å². The number of aliphatic carboxylic acids is 1. The van der Waals surface area contributed by atoms with Gasteiger partial charge < -0.3 is 9.84 Å². The van der Waals surface area contributed by atoms with E-state index in [1.807, 2.05) is 48.5 Å². The zero-order valence-electron chi connectivity index (χ0n) is 20.7. The van der Waals surface area contributed by atoms with Gasteiger partial charge in [0.05, 0.1) is 11.7 Å². The highest BCUT2D eigenvalue weighted by Crippen LogP contribution is 2.37. The van der Waals surface area contributed by atoms with Crippen LogP contribution in [0.5, 0.6) is 11.5 Å². The topological polar surface area (TPSA) is 75.2 Å². The lowest BCUT2D eigenvalue weighted by Crippen LogP contribution is -1.96. The lowest BCUT2D eigenvalue weighted by Gasteiger charge is -2.17. The van der Waals surface area contributed by atoms with Crippen LogP contribution in [0.25, 0.3) is 28.1 Å². The van der Waals surface area contributed by atoms with E-state index < -0.39 is 5.97 Å². The van der Waals surface area contributed by atoms with Crippen LogP contribution in [-0.2, 0) is 4.79 Å². The molecule has 5 nitrogen and oxygen atoms in total. The Labute approximate surface area is 219 Å². The van der Waals surface area contributed by atoms with Crippen molar-refractivity contribution in [3.8, 4) is 11.5 Å². The number of nitrogens with one attached hydrogen (secondary N) is 1. The summed E-state index contributed by atoms with van der Waals surface area (Å²) in [6, 6.07) is 27.8. The van der Waals surface area contributed by atoms with Crippen molar-refractivity contribution in [1.29, 1.82) is 0 Å². The van der Waals surface area contributed by atoms with Gasteiger partial charge in [0.25, 0.3) is 0 Å². The molecule has 0 unspecified atom stereocenters. The van der Waals surface area contributed by atoms with E-state index in [9.17, 15) is 9.18 Å². The first-order valence-electron chi connectivity index (χ1n) is 12.2. The minimum atomic E-state index is -0.987. The number of carboxylic acid groups (broad SMARTS) is 1. The zero-order valence-corrected chi connectivity index (χ0v) is 20.7. The standard InChI is InChI=1S/C32H25FN2O3/c1-2-29(23-4-3-5-28(19-23)38-27-14-12-26(33)13-15-27)32(24-11-16-30-25(18-24)20-34-35-30)22-9-6-21(7-10-22)8-17-31(36)37/h3-20H,2H2,1H3,(H,34,35)(H,36,37)/b17-8+,32-29+. The van der Waals surface area contributed by atoms with Crippen molar-refractivity contribution in [3.05, 3.63) is 131 Å². The third-order valence-electron chi connectivity index (χ3n) is 6.23. The number of nitrogens with zero attached hydrogens (tertiary/aromatic N) is 1. The van der Waals surface area contributed by atoms with Gasteiger partial charge in [0, 0.05) is 11.5 Å². The van der Waals surface area contributed by atoms with Crippen LogP contribution in [0.4, 0.5) is 4.39 Å². The molecule has 1 aromatic heterocycles. The van der Waals surface area contributed by atoms with Crippen LogP contribution >= 0.6 is 0 Å². The monoisotopic (exact) mass is 504 g/mol. The molecule has 0 saturated carbocycles. The van der Waals surface area contributed by atoms with E-state index in [0.717, 1.165) is 56.8 Å². The van der Waals surface area contributed by atoms with E-state index in [0.29, 0.717) is 11.5 Å². The third-order valence-corrected chi connectivity index (χ3v) is 6.23. The lowest BCUT2D eigenvalue weighted by molar-refractivity contribution is -0.131. The summed E-state index contributed by atoms with van der Waals surface area (Å²) < 4.78 is 19.3. The molecule has 0 saturated heterocycles. The molecule has 1 heterocycles. The Kier molecular flexibility index (Phi) is 7.13. The zero-order chi connectivity index (χ0) is 26.5. The number of aromatic nitrogens is 2. The Morgan fingerprint density at radius 3 is 2.42 bits per heavy atom. The number of fused-ring (bicyclic) bond motifs is 1. The maximum atomic E-state index is 13.3. The predicted molar refractivity (Wildman–Crippen MR) is 148 cm³/mol. The van der Waals surface area contributed by atoms with E-state index in [2.05, 4.69) is 35.3 Å². The van der Waals surface area contributed by atoms with Crippen molar-refractivity contribution in [2.45, 2.75) is 13.3 Å². The summed E-state index contributed by atoms with van der Waals surface area (Å²) in [5, 5.41) is 17.1. The van der Waals surface area contributed by atoms with E-state index >= 15 is 0 Å². The molecule has 5 rings (SSSR count). The fourth-order valence-electron chi connectivity index (χ4n) is 4.45. The van der Waals surface area contributed by atoms with Gasteiger partial charge in [-0.15, -0.1) is 0 Å². The quantitative estimate of drug-likeness (QED) is 0.166. The Balaban J connectivity index is 1.62. The van der Waals surface area contributed by atoms with Gasteiger partial charge in [-0.05, 0) is 94.4 Å². The first kappa shape index (κ1) is 24.7. The number of halogens is 1. The van der Waals surface area contributed by atoms with Crippen molar-refractivity contribution in [3.63, 3.8) is 0 Å². The number of H-pyrrole nitrogens is 1. The average Bonchev–Trinajstić information content (AvgIpc) is 3.40. The Morgan fingerprint density at radius 1 is 0.921 bits per heavy atom. The van der Waals surface area contributed by atoms with Gasteiger partial charge in [-0.2, -0.15) is 5.10 Å². The summed E-state index contributed by atoms with van der Waals surface area (Å²) in [5.41, 5.74) is 6.97. The Morgan fingerprint density at radius 2 is 1.68 bits per heavy atom. The first-order valence-corrected chi connectivity index (χ1v) is 12.2. The first-order chi connectivity index (χ1) is 18.5. The highest BCUT2D eigenvalue weighted by molar-refractivity contribution is 6.00. The summed E-state index contributed by atoms with van der Waals surface area (Å²) in [5.74, 6) is -0.0924. The Bertz CT molecular complexity index is 1650. The van der Waals surface area contributed by atoms with Crippen molar-refractivity contribution in [2.75, 3.05) is 0 Å². The maximum absolute atomic E-state index is 13.3. The molecule has 38 heavy (non-hydrogen) atoms.